The SMILES string of the molecule is CCCC[C@@H](COC(=O)N(Cc1ccc(OC)cc1)Cc1ccc(OC)cc1)NC(=O)N[C@@H](CC(=O)O)c1ccc2c(c1)OCO2.CCCC[C@@H](COC(=O)N(Cc1ccc(OC)cc1)Cc1ccc(OC)cc1)NC(=O)N[C@@H](CCO)c1ccc2c(c1)OCO2. The van der Waals surface area contributed by atoms with Crippen molar-refractivity contribution >= 4 is 30.2 Å². The third-order valence-corrected chi connectivity index (χ3v) is 15.0. The molecule has 0 fully saturated rings. The molecular formula is C68H84N6O17. The lowest BCUT2D eigenvalue weighted by atomic mass is 10.0. The number of methoxy groups -OCH3 is 4. The first-order valence-corrected chi connectivity index (χ1v) is 30.3. The van der Waals surface area contributed by atoms with Gasteiger partial charge in [0, 0.05) is 32.8 Å². The molecule has 6 amide bonds. The minimum Gasteiger partial charge on any atom is -0.497 e. The van der Waals surface area contributed by atoms with E-state index in [9.17, 15) is 34.2 Å². The van der Waals surface area contributed by atoms with Crippen molar-refractivity contribution in [2.24, 2.45) is 0 Å². The smallest absolute Gasteiger partial charge is 0.410 e. The van der Waals surface area contributed by atoms with E-state index in [1.807, 2.05) is 110 Å². The van der Waals surface area contributed by atoms with E-state index < -0.39 is 54.4 Å². The van der Waals surface area contributed by atoms with Gasteiger partial charge in [-0.1, -0.05) is 100 Å². The van der Waals surface area contributed by atoms with Crippen LogP contribution in [-0.2, 0) is 40.4 Å². The molecule has 0 aliphatic carbocycles. The first kappa shape index (κ1) is 68.7. The highest BCUT2D eigenvalue weighted by Crippen LogP contribution is 2.36. The third kappa shape index (κ3) is 22.0. The van der Waals surface area contributed by atoms with E-state index in [1.165, 1.54) is 0 Å². The maximum Gasteiger partial charge on any atom is 0.410 e. The lowest BCUT2D eigenvalue weighted by molar-refractivity contribution is -0.137. The number of unbranched alkanes of at least 4 members (excludes halogenated alkanes) is 2. The molecule has 91 heavy (non-hydrogen) atoms. The van der Waals surface area contributed by atoms with Crippen LogP contribution in [0.3, 0.4) is 0 Å². The highest BCUT2D eigenvalue weighted by Gasteiger charge is 2.27. The zero-order valence-electron chi connectivity index (χ0n) is 52.4. The molecule has 4 atom stereocenters. The Bertz CT molecular complexity index is 3150. The minimum atomic E-state index is -1.08. The first-order chi connectivity index (χ1) is 44.2. The van der Waals surface area contributed by atoms with E-state index in [-0.39, 0.29) is 52.9 Å². The van der Waals surface area contributed by atoms with E-state index in [0.717, 1.165) is 65.0 Å². The molecule has 0 aromatic heterocycles. The van der Waals surface area contributed by atoms with Gasteiger partial charge in [0.05, 0.1) is 59.0 Å². The fourth-order valence-electron chi connectivity index (χ4n) is 9.91. The van der Waals surface area contributed by atoms with E-state index in [0.29, 0.717) is 72.4 Å². The Hall–Kier alpha value is -9.77. The highest BCUT2D eigenvalue weighted by molar-refractivity contribution is 5.77. The summed E-state index contributed by atoms with van der Waals surface area (Å²) in [7, 11) is 6.40. The van der Waals surface area contributed by atoms with Crippen molar-refractivity contribution in [3.8, 4) is 46.0 Å². The van der Waals surface area contributed by atoms with Gasteiger partial charge < -0.3 is 78.8 Å². The van der Waals surface area contributed by atoms with Crippen molar-refractivity contribution in [2.75, 3.05) is 61.8 Å². The summed E-state index contributed by atoms with van der Waals surface area (Å²) in [5, 5.41) is 30.7. The molecule has 6 N–H and O–H groups in total. The Morgan fingerprint density at radius 2 is 0.802 bits per heavy atom. The van der Waals surface area contributed by atoms with Gasteiger partial charge in [0.2, 0.25) is 13.6 Å². The summed E-state index contributed by atoms with van der Waals surface area (Å²) in [6.07, 6.45) is 3.53. The van der Waals surface area contributed by atoms with Crippen molar-refractivity contribution in [2.45, 2.75) is 116 Å². The van der Waals surface area contributed by atoms with Crippen LogP contribution in [-0.4, -0.2) is 124 Å². The van der Waals surface area contributed by atoms with Crippen LogP contribution in [0.1, 0.15) is 111 Å². The Morgan fingerprint density at radius 1 is 0.462 bits per heavy atom. The highest BCUT2D eigenvalue weighted by atomic mass is 16.7. The molecule has 2 heterocycles. The number of aliphatic carboxylic acids is 1. The molecule has 2 aliphatic heterocycles. The van der Waals surface area contributed by atoms with Gasteiger partial charge in [-0.2, -0.15) is 0 Å². The summed E-state index contributed by atoms with van der Waals surface area (Å²) in [6, 6.07) is 37.2. The van der Waals surface area contributed by atoms with Gasteiger partial charge in [-0.15, -0.1) is 0 Å². The van der Waals surface area contributed by atoms with Crippen molar-refractivity contribution < 1.29 is 81.6 Å². The number of fused-ring (bicyclic) bond motifs is 2. The van der Waals surface area contributed by atoms with E-state index in [1.54, 1.807) is 68.6 Å². The topological polar surface area (TPSA) is 273 Å². The summed E-state index contributed by atoms with van der Waals surface area (Å²) < 4.78 is 54.3. The average molecular weight is 1260 g/mol. The number of nitrogens with one attached hydrogen (secondary N) is 4. The number of ether oxygens (including phenoxy) is 10. The number of carboxylic acid groups (broad SMARTS) is 1. The van der Waals surface area contributed by atoms with E-state index in [4.69, 9.17) is 47.4 Å². The van der Waals surface area contributed by atoms with Gasteiger partial charge >= 0.3 is 30.2 Å². The van der Waals surface area contributed by atoms with Gasteiger partial charge in [-0.25, -0.2) is 19.2 Å². The van der Waals surface area contributed by atoms with Crippen LogP contribution in [0, 0.1) is 0 Å². The predicted molar refractivity (Wildman–Crippen MR) is 338 cm³/mol. The monoisotopic (exact) mass is 1260 g/mol. The second-order valence-electron chi connectivity index (χ2n) is 21.6. The number of hydrogen-bond acceptors (Lipinski definition) is 16. The van der Waals surface area contributed by atoms with Gasteiger partial charge in [0.25, 0.3) is 0 Å². The fourth-order valence-corrected chi connectivity index (χ4v) is 9.91. The summed E-state index contributed by atoms with van der Waals surface area (Å²) in [6.45, 7) is 5.34. The number of carboxylic acids is 1. The van der Waals surface area contributed by atoms with E-state index >= 15 is 0 Å². The molecule has 0 saturated carbocycles. The molecule has 23 heteroatoms. The van der Waals surface area contributed by atoms with Crippen molar-refractivity contribution in [3.63, 3.8) is 0 Å². The summed E-state index contributed by atoms with van der Waals surface area (Å²) in [4.78, 5) is 68.1. The Kier molecular flexibility index (Phi) is 27.2. The molecule has 488 valence electrons. The number of aliphatic hydroxyl groups excluding tert-OH is 1. The number of aliphatic hydroxyl groups is 1. The number of benzene rings is 6. The quantitative estimate of drug-likeness (QED) is 0.0229. The molecule has 6 aromatic rings. The number of urea groups is 2. The Morgan fingerprint density at radius 3 is 1.13 bits per heavy atom. The number of hydrogen-bond donors (Lipinski definition) is 6. The van der Waals surface area contributed by atoms with E-state index in [2.05, 4.69) is 28.2 Å². The van der Waals surface area contributed by atoms with Crippen LogP contribution in [0.25, 0.3) is 0 Å². The van der Waals surface area contributed by atoms with Crippen LogP contribution >= 0.6 is 0 Å². The fraction of sp³-hybridized carbons (Fsp3) is 0.397. The van der Waals surface area contributed by atoms with Crippen LogP contribution in [0.15, 0.2) is 133 Å². The zero-order valence-corrected chi connectivity index (χ0v) is 52.4. The molecule has 23 nitrogen and oxygen atoms in total. The maximum atomic E-state index is 13.5. The standard InChI is InChI=1S/C34H41N3O9.C34H43N3O8/c1-4-5-6-26(35-33(40)36-29(18-32(38)39)25-11-16-30-31(17-25)46-22-45-30)21-44-34(41)37(19-23-7-12-27(42-2)13-8-23)20-24-9-14-28(43-3)15-10-24;1-4-5-6-27(35-33(39)36-30(17-18-38)26-11-16-31-32(19-26)45-23-44-31)22-43-34(40)37(20-24-7-12-28(41-2)13-8-24)21-25-9-14-29(42-3)15-10-25/h7-17,26,29H,4-6,18-22H2,1-3H3,(H,38,39)(H2,35,36,40);7-16,19,27,30,38H,4-6,17-18,20-23H2,1-3H3,(H2,35,36,39)/t26-,29-;27-,30-/m00/s1. The van der Waals surface area contributed by atoms with Crippen molar-refractivity contribution in [1.29, 1.82) is 0 Å². The number of nitrogens with zero attached hydrogens (tertiary/aromatic N) is 2. The number of carbonyl (C=O) groups is 5. The molecule has 0 unspecified atom stereocenters. The van der Waals surface area contributed by atoms with Crippen molar-refractivity contribution in [1.82, 2.24) is 31.1 Å². The second-order valence-corrected chi connectivity index (χ2v) is 21.6. The van der Waals surface area contributed by atoms with Crippen LogP contribution in [0.2, 0.25) is 0 Å². The molecule has 2 aliphatic rings. The molecule has 0 spiro atoms. The molecule has 0 saturated heterocycles. The normalized spacial score (nSPS) is 12.9. The lowest BCUT2D eigenvalue weighted by Gasteiger charge is -2.26. The lowest BCUT2D eigenvalue weighted by Crippen LogP contribution is -2.46. The average Bonchev–Trinajstić information content (AvgIpc) is 2.45. The number of rotatable bonds is 32. The summed E-state index contributed by atoms with van der Waals surface area (Å²) in [5.74, 6) is 4.07. The molecule has 6 aromatic carbocycles. The molecular weight excluding hydrogens is 1170 g/mol. The molecule has 0 bridgehead atoms. The van der Waals surface area contributed by atoms with Gasteiger partial charge in [0.15, 0.2) is 23.0 Å². The Balaban J connectivity index is 0.000000259. The van der Waals surface area contributed by atoms with Gasteiger partial charge in [0.1, 0.15) is 36.2 Å². The summed E-state index contributed by atoms with van der Waals surface area (Å²) in [5.41, 5.74) is 4.96. The van der Waals surface area contributed by atoms with Crippen molar-refractivity contribution in [3.05, 3.63) is 167 Å². The van der Waals surface area contributed by atoms with Crippen LogP contribution < -0.4 is 59.2 Å². The van der Waals surface area contributed by atoms with Crippen LogP contribution in [0.4, 0.5) is 19.2 Å². The minimum absolute atomic E-state index is 0.00265. The van der Waals surface area contributed by atoms with Gasteiger partial charge in [-0.05, 0) is 125 Å². The Labute approximate surface area is 531 Å². The predicted octanol–water partition coefficient (Wildman–Crippen LogP) is 11.2. The number of carbonyl (C=O) groups excluding carboxylic acids is 4. The zero-order chi connectivity index (χ0) is 64.9. The van der Waals surface area contributed by atoms with Gasteiger partial charge in [-0.3, -0.25) is 14.6 Å². The third-order valence-electron chi connectivity index (χ3n) is 15.0. The largest absolute Gasteiger partial charge is 0.497 e. The summed E-state index contributed by atoms with van der Waals surface area (Å²) >= 11 is 0. The second kappa shape index (κ2) is 36.0. The molecule has 0 radical (unpaired) electrons. The first-order valence-electron chi connectivity index (χ1n) is 30.3. The molecule has 8 rings (SSSR count). The maximum absolute atomic E-state index is 13.5. The van der Waals surface area contributed by atoms with Crippen LogP contribution in [0.5, 0.6) is 46.0 Å². The number of amides is 6.